The highest BCUT2D eigenvalue weighted by Gasteiger charge is 2.32. The number of anilines is 1. The Morgan fingerprint density at radius 2 is 2.11 bits per heavy atom. The molecule has 0 spiro atoms. The number of fused-ring (bicyclic) bond motifs is 1. The minimum absolute atomic E-state index is 0.125. The fourth-order valence-corrected chi connectivity index (χ4v) is 2.93. The van der Waals surface area contributed by atoms with Crippen LogP contribution in [0, 0.1) is 11.3 Å². The fraction of sp³-hybridized carbons (Fsp3) is 0.600. The summed E-state index contributed by atoms with van der Waals surface area (Å²) >= 11 is 0. The van der Waals surface area contributed by atoms with Gasteiger partial charge in [0.2, 0.25) is 0 Å². The zero-order valence-corrected chi connectivity index (χ0v) is 11.6. The second-order valence-corrected chi connectivity index (χ2v) is 6.07. The van der Waals surface area contributed by atoms with Crippen molar-refractivity contribution in [3.8, 4) is 6.07 Å². The molecule has 0 aromatic carbocycles. The Balaban J connectivity index is 2.03. The Morgan fingerprint density at radius 1 is 1.37 bits per heavy atom. The average Bonchev–Trinajstić information content (AvgIpc) is 2.90. The first-order valence-electron chi connectivity index (χ1n) is 6.96. The van der Waals surface area contributed by atoms with Gasteiger partial charge in [0.05, 0.1) is 25.3 Å². The van der Waals surface area contributed by atoms with E-state index >= 15 is 0 Å². The van der Waals surface area contributed by atoms with Crippen molar-refractivity contribution in [1.82, 2.24) is 0 Å². The third kappa shape index (κ3) is 2.31. The van der Waals surface area contributed by atoms with Gasteiger partial charge in [-0.05, 0) is 32.8 Å². The monoisotopic (exact) mass is 258 g/mol. The van der Waals surface area contributed by atoms with Crippen LogP contribution in [0.2, 0.25) is 0 Å². The van der Waals surface area contributed by atoms with Gasteiger partial charge >= 0.3 is 0 Å². The van der Waals surface area contributed by atoms with Crippen LogP contribution in [0.25, 0.3) is 0 Å². The van der Waals surface area contributed by atoms with E-state index in [0.717, 1.165) is 36.5 Å². The van der Waals surface area contributed by atoms with E-state index in [2.05, 4.69) is 29.8 Å². The lowest BCUT2D eigenvalue weighted by Gasteiger charge is -2.30. The van der Waals surface area contributed by atoms with E-state index in [1.807, 2.05) is 6.07 Å². The first-order chi connectivity index (χ1) is 9.09. The first kappa shape index (κ1) is 12.4. The first-order valence-corrected chi connectivity index (χ1v) is 6.96. The fourth-order valence-electron chi connectivity index (χ4n) is 2.93. The Kier molecular flexibility index (Phi) is 2.94. The lowest BCUT2D eigenvalue weighted by atomic mass is 9.95. The topological polar surface area (TPSA) is 50.4 Å². The predicted octanol–water partition coefficient (Wildman–Crippen LogP) is 1.82. The highest BCUT2D eigenvalue weighted by atomic mass is 16.5. The summed E-state index contributed by atoms with van der Waals surface area (Å²) in [6.07, 6.45) is 3.30. The molecule has 0 atom stereocenters. The van der Waals surface area contributed by atoms with Gasteiger partial charge in [0.25, 0.3) is 5.82 Å². The van der Waals surface area contributed by atoms with Gasteiger partial charge in [0.15, 0.2) is 0 Å². The maximum absolute atomic E-state index is 9.35. The minimum atomic E-state index is -0.125. The maximum atomic E-state index is 9.35. The molecule has 0 unspecified atom stereocenters. The van der Waals surface area contributed by atoms with Gasteiger partial charge in [0, 0.05) is 12.0 Å². The molecule has 100 valence electrons. The molecule has 0 amide bonds. The van der Waals surface area contributed by atoms with Gasteiger partial charge in [0.1, 0.15) is 17.3 Å². The number of nitrogens with zero attached hydrogens (tertiary/aromatic N) is 2. The summed E-state index contributed by atoms with van der Waals surface area (Å²) in [7, 11) is 0. The summed E-state index contributed by atoms with van der Waals surface area (Å²) in [5.41, 5.74) is 2.96. The van der Waals surface area contributed by atoms with Crippen LogP contribution < -0.4 is 9.88 Å². The predicted molar refractivity (Wildman–Crippen MR) is 71.7 cm³/mol. The third-order valence-electron chi connectivity index (χ3n) is 3.99. The quantitative estimate of drug-likeness (QED) is 0.772. The number of aromatic nitrogens is 1. The molecule has 2 aliphatic rings. The van der Waals surface area contributed by atoms with E-state index in [1.54, 1.807) is 0 Å². The molecule has 1 saturated heterocycles. The van der Waals surface area contributed by atoms with Crippen LogP contribution in [-0.4, -0.2) is 18.7 Å². The molecule has 0 bridgehead atoms. The van der Waals surface area contributed by atoms with Crippen molar-refractivity contribution in [3.63, 3.8) is 0 Å². The zero-order chi connectivity index (χ0) is 13.5. The van der Waals surface area contributed by atoms with Crippen molar-refractivity contribution in [2.75, 3.05) is 18.0 Å². The van der Waals surface area contributed by atoms with Crippen LogP contribution in [0.1, 0.15) is 43.5 Å². The summed E-state index contributed by atoms with van der Waals surface area (Å²) < 4.78 is 5.81. The number of aromatic amines is 1. The van der Waals surface area contributed by atoms with Crippen LogP contribution in [0.3, 0.4) is 0 Å². The Labute approximate surface area is 114 Å². The van der Waals surface area contributed by atoms with Crippen molar-refractivity contribution in [2.45, 2.75) is 45.3 Å². The van der Waals surface area contributed by atoms with Crippen molar-refractivity contribution >= 4 is 5.82 Å². The van der Waals surface area contributed by atoms with Crippen LogP contribution in [-0.2, 0) is 17.8 Å². The van der Waals surface area contributed by atoms with Crippen molar-refractivity contribution in [3.05, 3.63) is 22.9 Å². The molecule has 4 heteroatoms. The van der Waals surface area contributed by atoms with Gasteiger partial charge in [-0.1, -0.05) is 0 Å². The number of ether oxygens (including phenoxy) is 1. The molecular formula is C15H20N3O+. The number of rotatable bonds is 1. The molecule has 4 nitrogen and oxygen atoms in total. The van der Waals surface area contributed by atoms with Crippen molar-refractivity contribution in [1.29, 1.82) is 5.26 Å². The lowest BCUT2D eigenvalue weighted by Crippen LogP contribution is -2.38. The summed E-state index contributed by atoms with van der Waals surface area (Å²) in [4.78, 5) is 5.80. The maximum Gasteiger partial charge on any atom is 0.292 e. The Hall–Kier alpha value is -1.60. The van der Waals surface area contributed by atoms with Gasteiger partial charge < -0.3 is 4.74 Å². The molecule has 0 saturated carbocycles. The Bertz CT molecular complexity index is 539. The lowest BCUT2D eigenvalue weighted by molar-refractivity contribution is -0.383. The molecule has 2 aliphatic heterocycles. The highest BCUT2D eigenvalue weighted by Crippen LogP contribution is 2.28. The molecule has 1 N–H and O–H groups in total. The number of hydrogen-bond donors (Lipinski definition) is 0. The number of nitriles is 1. The highest BCUT2D eigenvalue weighted by molar-refractivity contribution is 5.52. The summed E-state index contributed by atoms with van der Waals surface area (Å²) in [5, 5.41) is 9.35. The Morgan fingerprint density at radius 3 is 2.79 bits per heavy atom. The van der Waals surface area contributed by atoms with Gasteiger partial charge in [-0.15, -0.1) is 0 Å². The van der Waals surface area contributed by atoms with Crippen LogP contribution in [0.4, 0.5) is 5.82 Å². The van der Waals surface area contributed by atoms with E-state index in [0.29, 0.717) is 6.61 Å². The molecule has 0 radical (unpaired) electrons. The molecule has 1 aromatic heterocycles. The SMILES string of the molecule is CC1(C)Cc2[nH+]c(N3CCCC3)c(C#N)cc2CO1. The van der Waals surface area contributed by atoms with E-state index in [-0.39, 0.29) is 5.60 Å². The van der Waals surface area contributed by atoms with E-state index in [1.165, 1.54) is 18.5 Å². The third-order valence-corrected chi connectivity index (χ3v) is 3.99. The molecule has 19 heavy (non-hydrogen) atoms. The smallest absolute Gasteiger partial charge is 0.292 e. The average molecular weight is 258 g/mol. The van der Waals surface area contributed by atoms with Gasteiger partial charge in [-0.2, -0.15) is 5.26 Å². The number of H-pyrrole nitrogens is 1. The minimum Gasteiger partial charge on any atom is -0.370 e. The van der Waals surface area contributed by atoms with Gasteiger partial charge in [-0.25, -0.2) is 4.98 Å². The molecular weight excluding hydrogens is 238 g/mol. The number of nitrogens with one attached hydrogen (secondary N) is 1. The van der Waals surface area contributed by atoms with Crippen LogP contribution >= 0.6 is 0 Å². The summed E-state index contributed by atoms with van der Waals surface area (Å²) in [6.45, 7) is 6.90. The summed E-state index contributed by atoms with van der Waals surface area (Å²) in [6, 6.07) is 4.31. The van der Waals surface area contributed by atoms with Crippen LogP contribution in [0.15, 0.2) is 6.07 Å². The van der Waals surface area contributed by atoms with E-state index in [4.69, 9.17) is 4.74 Å². The molecule has 1 aromatic rings. The molecule has 1 fully saturated rings. The number of hydrogen-bond acceptors (Lipinski definition) is 3. The van der Waals surface area contributed by atoms with Crippen molar-refractivity contribution < 1.29 is 9.72 Å². The molecule has 0 aliphatic carbocycles. The molecule has 3 rings (SSSR count). The normalized spacial score (nSPS) is 21.0. The largest absolute Gasteiger partial charge is 0.370 e. The zero-order valence-electron chi connectivity index (χ0n) is 11.6. The second-order valence-electron chi connectivity index (χ2n) is 6.07. The standard InChI is InChI=1S/C15H19N3O/c1-15(2)8-13-12(10-19-15)7-11(9-16)14(17-13)18-5-3-4-6-18/h7H,3-6,8,10H2,1-2H3/p+1. The van der Waals surface area contributed by atoms with Crippen LogP contribution in [0.5, 0.6) is 0 Å². The summed E-state index contributed by atoms with van der Waals surface area (Å²) in [5.74, 6) is 0.997. The van der Waals surface area contributed by atoms with E-state index in [9.17, 15) is 5.26 Å². The van der Waals surface area contributed by atoms with E-state index < -0.39 is 0 Å². The van der Waals surface area contributed by atoms with Crippen molar-refractivity contribution in [2.24, 2.45) is 0 Å². The number of pyridine rings is 1. The molecule has 3 heterocycles. The second kappa shape index (κ2) is 4.50. The van der Waals surface area contributed by atoms with Gasteiger partial charge in [-0.3, -0.25) is 4.90 Å².